The van der Waals surface area contributed by atoms with E-state index in [2.05, 4.69) is 10.6 Å². The molecule has 0 saturated carbocycles. The highest BCUT2D eigenvalue weighted by Gasteiger charge is 2.24. The molecule has 1 heterocycles. The van der Waals surface area contributed by atoms with Gasteiger partial charge in [-0.1, -0.05) is 18.2 Å². The van der Waals surface area contributed by atoms with Gasteiger partial charge in [-0.25, -0.2) is 8.42 Å². The van der Waals surface area contributed by atoms with Gasteiger partial charge in [-0.05, 0) is 31.4 Å². The van der Waals surface area contributed by atoms with Gasteiger partial charge in [0.05, 0.1) is 18.1 Å². The van der Waals surface area contributed by atoms with Crippen molar-refractivity contribution in [3.05, 3.63) is 29.8 Å². The van der Waals surface area contributed by atoms with E-state index in [1.54, 1.807) is 0 Å². The molecule has 1 fully saturated rings. The molecule has 2 N–H and O–H groups in total. The van der Waals surface area contributed by atoms with Crippen molar-refractivity contribution in [3.63, 3.8) is 0 Å². The van der Waals surface area contributed by atoms with E-state index < -0.39 is 9.84 Å². The van der Waals surface area contributed by atoms with Gasteiger partial charge in [-0.3, -0.25) is 4.79 Å². The summed E-state index contributed by atoms with van der Waals surface area (Å²) in [5, 5.41) is 5.85. The van der Waals surface area contributed by atoms with Crippen LogP contribution in [0.3, 0.4) is 0 Å². The van der Waals surface area contributed by atoms with Crippen molar-refractivity contribution in [2.75, 3.05) is 23.4 Å². The number of aryl methyl sites for hydroxylation is 1. The molecule has 0 aliphatic carbocycles. The molecule has 20 heavy (non-hydrogen) atoms. The maximum absolute atomic E-state index is 11.8. The Morgan fingerprint density at radius 2 is 2.10 bits per heavy atom. The molecule has 5 nitrogen and oxygen atoms in total. The third-order valence-corrected chi connectivity index (χ3v) is 5.25. The van der Waals surface area contributed by atoms with Gasteiger partial charge < -0.3 is 10.6 Å². The Balaban J connectivity index is 1.82. The average Bonchev–Trinajstić information content (AvgIpc) is 2.38. The molecule has 0 aromatic heterocycles. The van der Waals surface area contributed by atoms with Crippen molar-refractivity contribution in [1.82, 2.24) is 5.32 Å². The van der Waals surface area contributed by atoms with Crippen LogP contribution in [0.5, 0.6) is 0 Å². The van der Waals surface area contributed by atoms with Crippen LogP contribution in [0.15, 0.2) is 24.3 Å². The molecule has 1 aliphatic rings. The zero-order valence-electron chi connectivity index (χ0n) is 11.6. The second-order valence-electron chi connectivity index (χ2n) is 5.20. The Morgan fingerprint density at radius 3 is 2.80 bits per heavy atom. The summed E-state index contributed by atoms with van der Waals surface area (Å²) < 4.78 is 23.0. The summed E-state index contributed by atoms with van der Waals surface area (Å²) >= 11 is 0. The fraction of sp³-hybridized carbons (Fsp3) is 0.500. The number of rotatable bonds is 4. The first-order chi connectivity index (χ1) is 9.46. The molecule has 1 amide bonds. The van der Waals surface area contributed by atoms with Crippen molar-refractivity contribution in [2.45, 2.75) is 25.8 Å². The number of carbonyl (C=O) groups is 1. The van der Waals surface area contributed by atoms with Crippen LogP contribution in [0.1, 0.15) is 18.4 Å². The second-order valence-corrected chi connectivity index (χ2v) is 7.43. The first kappa shape index (κ1) is 15.0. The lowest BCUT2D eigenvalue weighted by molar-refractivity contribution is -0.115. The summed E-state index contributed by atoms with van der Waals surface area (Å²) in [4.78, 5) is 11.8. The molecule has 0 bridgehead atoms. The Bertz CT molecular complexity index is 584. The maximum Gasteiger partial charge on any atom is 0.238 e. The SMILES string of the molecule is Cc1ccccc1NC(=O)CNC1CCCS(=O)(=O)C1. The van der Waals surface area contributed by atoms with Crippen LogP contribution in [0.25, 0.3) is 0 Å². The van der Waals surface area contributed by atoms with E-state index in [4.69, 9.17) is 0 Å². The van der Waals surface area contributed by atoms with E-state index in [0.29, 0.717) is 6.42 Å². The summed E-state index contributed by atoms with van der Waals surface area (Å²) in [6, 6.07) is 7.44. The quantitative estimate of drug-likeness (QED) is 0.872. The van der Waals surface area contributed by atoms with Gasteiger partial charge in [-0.2, -0.15) is 0 Å². The fourth-order valence-electron chi connectivity index (χ4n) is 2.33. The number of sulfone groups is 1. The van der Waals surface area contributed by atoms with Gasteiger partial charge in [0.15, 0.2) is 9.84 Å². The molecule has 1 aromatic carbocycles. The molecule has 1 unspecified atom stereocenters. The summed E-state index contributed by atoms with van der Waals surface area (Å²) in [6.07, 6.45) is 1.47. The number of para-hydroxylation sites is 1. The van der Waals surface area contributed by atoms with Gasteiger partial charge in [0.25, 0.3) is 0 Å². The predicted octanol–water partition coefficient (Wildman–Crippen LogP) is 1.10. The van der Waals surface area contributed by atoms with Crippen molar-refractivity contribution >= 4 is 21.4 Å². The molecule has 0 radical (unpaired) electrons. The Labute approximate surface area is 119 Å². The van der Waals surface area contributed by atoms with Crippen LogP contribution >= 0.6 is 0 Å². The standard InChI is InChI=1S/C14H20N2O3S/c1-11-5-2-3-7-13(11)16-14(17)9-15-12-6-4-8-20(18,19)10-12/h2-3,5,7,12,15H,4,6,8-10H2,1H3,(H,16,17). The smallest absolute Gasteiger partial charge is 0.238 e. The summed E-state index contributed by atoms with van der Waals surface area (Å²) in [6.45, 7) is 2.06. The topological polar surface area (TPSA) is 75.3 Å². The molecule has 1 aromatic rings. The van der Waals surface area contributed by atoms with Crippen LogP contribution in [0, 0.1) is 6.92 Å². The zero-order chi connectivity index (χ0) is 14.6. The number of anilines is 1. The minimum atomic E-state index is -2.94. The van der Waals surface area contributed by atoms with Crippen LogP contribution in [0.2, 0.25) is 0 Å². The van der Waals surface area contributed by atoms with Gasteiger partial charge >= 0.3 is 0 Å². The van der Waals surface area contributed by atoms with E-state index in [9.17, 15) is 13.2 Å². The highest BCUT2D eigenvalue weighted by atomic mass is 32.2. The molecule has 1 saturated heterocycles. The lowest BCUT2D eigenvalue weighted by atomic mass is 10.2. The first-order valence-corrected chi connectivity index (χ1v) is 8.58. The lowest BCUT2D eigenvalue weighted by Gasteiger charge is -2.22. The number of benzene rings is 1. The Morgan fingerprint density at radius 1 is 1.35 bits per heavy atom. The van der Waals surface area contributed by atoms with E-state index in [-0.39, 0.29) is 30.0 Å². The first-order valence-electron chi connectivity index (χ1n) is 6.75. The number of amides is 1. The maximum atomic E-state index is 11.8. The van der Waals surface area contributed by atoms with Gasteiger partial charge in [-0.15, -0.1) is 0 Å². The molecular formula is C14H20N2O3S. The van der Waals surface area contributed by atoms with E-state index >= 15 is 0 Å². The molecule has 6 heteroatoms. The molecule has 0 spiro atoms. The monoisotopic (exact) mass is 296 g/mol. The second kappa shape index (κ2) is 6.37. The summed E-state index contributed by atoms with van der Waals surface area (Å²) in [5.41, 5.74) is 1.79. The minimum Gasteiger partial charge on any atom is -0.325 e. The van der Waals surface area contributed by atoms with Crippen molar-refractivity contribution in [1.29, 1.82) is 0 Å². The highest BCUT2D eigenvalue weighted by Crippen LogP contribution is 2.13. The van der Waals surface area contributed by atoms with Crippen molar-refractivity contribution < 1.29 is 13.2 Å². The zero-order valence-corrected chi connectivity index (χ0v) is 12.4. The minimum absolute atomic E-state index is 0.114. The van der Waals surface area contributed by atoms with Gasteiger partial charge in [0.2, 0.25) is 5.91 Å². The van der Waals surface area contributed by atoms with E-state index in [0.717, 1.165) is 17.7 Å². The Hall–Kier alpha value is -1.40. The van der Waals surface area contributed by atoms with Crippen molar-refractivity contribution in [3.8, 4) is 0 Å². The number of hydrogen-bond donors (Lipinski definition) is 2. The number of hydrogen-bond acceptors (Lipinski definition) is 4. The van der Waals surface area contributed by atoms with E-state index in [1.165, 1.54) is 0 Å². The fourth-order valence-corrected chi connectivity index (χ4v) is 4.00. The van der Waals surface area contributed by atoms with Crippen LogP contribution < -0.4 is 10.6 Å². The summed E-state index contributed by atoms with van der Waals surface area (Å²) in [7, 11) is -2.94. The third kappa shape index (κ3) is 4.31. The lowest BCUT2D eigenvalue weighted by Crippen LogP contribution is -2.43. The largest absolute Gasteiger partial charge is 0.325 e. The van der Waals surface area contributed by atoms with Crippen LogP contribution in [0.4, 0.5) is 5.69 Å². The van der Waals surface area contributed by atoms with E-state index in [1.807, 2.05) is 31.2 Å². The van der Waals surface area contributed by atoms with Gasteiger partial charge in [0.1, 0.15) is 0 Å². The average molecular weight is 296 g/mol. The molecule has 1 aliphatic heterocycles. The molecule has 2 rings (SSSR count). The molecule has 1 atom stereocenters. The Kier molecular flexibility index (Phi) is 4.77. The van der Waals surface area contributed by atoms with Crippen LogP contribution in [-0.4, -0.2) is 38.4 Å². The number of nitrogens with one attached hydrogen (secondary N) is 2. The third-order valence-electron chi connectivity index (χ3n) is 3.43. The molecular weight excluding hydrogens is 276 g/mol. The summed E-state index contributed by atoms with van der Waals surface area (Å²) in [5.74, 6) is 0.243. The van der Waals surface area contributed by atoms with Gasteiger partial charge in [0, 0.05) is 11.7 Å². The predicted molar refractivity (Wildman–Crippen MR) is 79.5 cm³/mol. The molecule has 110 valence electrons. The van der Waals surface area contributed by atoms with Crippen LogP contribution in [-0.2, 0) is 14.6 Å². The highest BCUT2D eigenvalue weighted by molar-refractivity contribution is 7.91. The van der Waals surface area contributed by atoms with Crippen molar-refractivity contribution in [2.24, 2.45) is 0 Å². The normalized spacial score (nSPS) is 21.4. The number of carbonyl (C=O) groups excluding carboxylic acids is 1.